The summed E-state index contributed by atoms with van der Waals surface area (Å²) in [6.45, 7) is -0.719. The maximum atomic E-state index is 12.5. The SMILES string of the molecule is O=C(CO)NNC(=O)c1ccc(F)cc1. The molecule has 6 heteroatoms. The molecule has 5 nitrogen and oxygen atoms in total. The van der Waals surface area contributed by atoms with E-state index in [0.29, 0.717) is 0 Å². The number of amides is 2. The van der Waals surface area contributed by atoms with E-state index in [-0.39, 0.29) is 5.56 Å². The molecule has 0 spiro atoms. The van der Waals surface area contributed by atoms with Gasteiger partial charge in [0, 0.05) is 5.56 Å². The van der Waals surface area contributed by atoms with Crippen LogP contribution in [0.15, 0.2) is 24.3 Å². The molecule has 0 aliphatic carbocycles. The Morgan fingerprint density at radius 1 is 1.20 bits per heavy atom. The molecule has 1 aromatic carbocycles. The molecule has 0 aromatic heterocycles. The molecule has 0 radical (unpaired) electrons. The van der Waals surface area contributed by atoms with E-state index in [9.17, 15) is 14.0 Å². The van der Waals surface area contributed by atoms with Gasteiger partial charge in [-0.25, -0.2) is 4.39 Å². The van der Waals surface area contributed by atoms with Crippen LogP contribution in [-0.2, 0) is 4.79 Å². The Labute approximate surface area is 84.9 Å². The summed E-state index contributed by atoms with van der Waals surface area (Å²) in [6.07, 6.45) is 0. The van der Waals surface area contributed by atoms with Crippen molar-refractivity contribution < 1.29 is 19.1 Å². The summed E-state index contributed by atoms with van der Waals surface area (Å²) in [6, 6.07) is 4.80. The van der Waals surface area contributed by atoms with Crippen LogP contribution in [0.3, 0.4) is 0 Å². The highest BCUT2D eigenvalue weighted by Crippen LogP contribution is 2.01. The zero-order chi connectivity index (χ0) is 11.3. The lowest BCUT2D eigenvalue weighted by atomic mass is 10.2. The van der Waals surface area contributed by atoms with Crippen molar-refractivity contribution in [1.29, 1.82) is 0 Å². The number of hydrazine groups is 1. The van der Waals surface area contributed by atoms with Gasteiger partial charge in [0.05, 0.1) is 0 Å². The zero-order valence-electron chi connectivity index (χ0n) is 7.66. The van der Waals surface area contributed by atoms with Gasteiger partial charge in [-0.15, -0.1) is 0 Å². The minimum Gasteiger partial charge on any atom is -0.386 e. The topological polar surface area (TPSA) is 78.4 Å². The second-order valence-electron chi connectivity index (χ2n) is 2.67. The fourth-order valence-electron chi connectivity index (χ4n) is 0.839. The van der Waals surface area contributed by atoms with Gasteiger partial charge in [0.15, 0.2) is 0 Å². The number of aliphatic hydroxyl groups is 1. The summed E-state index contributed by atoms with van der Waals surface area (Å²) < 4.78 is 12.5. The van der Waals surface area contributed by atoms with Crippen molar-refractivity contribution in [2.75, 3.05) is 6.61 Å². The first-order chi connectivity index (χ1) is 7.13. The van der Waals surface area contributed by atoms with Gasteiger partial charge in [0.1, 0.15) is 12.4 Å². The molecule has 0 saturated carbocycles. The quantitative estimate of drug-likeness (QED) is 0.582. The molecule has 80 valence electrons. The summed E-state index contributed by atoms with van der Waals surface area (Å²) in [5, 5.41) is 8.34. The lowest BCUT2D eigenvalue weighted by molar-refractivity contribution is -0.124. The maximum absolute atomic E-state index is 12.5. The molecule has 0 aliphatic heterocycles. The van der Waals surface area contributed by atoms with Crippen molar-refractivity contribution in [3.8, 4) is 0 Å². The summed E-state index contributed by atoms with van der Waals surface area (Å²) in [5.74, 6) is -1.77. The Bertz CT molecular complexity index is 364. The zero-order valence-corrected chi connectivity index (χ0v) is 7.66. The average molecular weight is 212 g/mol. The van der Waals surface area contributed by atoms with E-state index in [2.05, 4.69) is 0 Å². The van der Waals surface area contributed by atoms with Gasteiger partial charge in [0.2, 0.25) is 0 Å². The summed E-state index contributed by atoms with van der Waals surface area (Å²) in [5.41, 5.74) is 4.21. The Hall–Kier alpha value is -1.95. The van der Waals surface area contributed by atoms with Crippen LogP contribution in [0.2, 0.25) is 0 Å². The van der Waals surface area contributed by atoms with Crippen LogP contribution in [-0.4, -0.2) is 23.5 Å². The molecule has 0 saturated heterocycles. The number of halogens is 1. The number of carbonyl (C=O) groups excluding carboxylic acids is 2. The number of benzene rings is 1. The maximum Gasteiger partial charge on any atom is 0.269 e. The molecule has 0 heterocycles. The highest BCUT2D eigenvalue weighted by Gasteiger charge is 2.05. The molecule has 1 rings (SSSR count). The predicted octanol–water partition coefficient (Wildman–Crippen LogP) is -0.421. The Kier molecular flexibility index (Phi) is 3.75. The van der Waals surface area contributed by atoms with E-state index in [1.54, 1.807) is 0 Å². The highest BCUT2D eigenvalue weighted by atomic mass is 19.1. The van der Waals surface area contributed by atoms with Crippen LogP contribution in [0, 0.1) is 5.82 Å². The minimum atomic E-state index is -0.731. The van der Waals surface area contributed by atoms with Crippen LogP contribution in [0.1, 0.15) is 10.4 Å². The molecule has 0 fully saturated rings. The lowest BCUT2D eigenvalue weighted by Crippen LogP contribution is -2.42. The lowest BCUT2D eigenvalue weighted by Gasteiger charge is -2.05. The number of carbonyl (C=O) groups is 2. The van der Waals surface area contributed by atoms with E-state index in [1.807, 2.05) is 10.9 Å². The molecule has 0 aliphatic rings. The van der Waals surface area contributed by atoms with Crippen LogP contribution >= 0.6 is 0 Å². The average Bonchev–Trinajstić information content (AvgIpc) is 2.26. The van der Waals surface area contributed by atoms with Gasteiger partial charge >= 0.3 is 0 Å². The van der Waals surface area contributed by atoms with Crippen molar-refractivity contribution in [2.45, 2.75) is 0 Å². The van der Waals surface area contributed by atoms with E-state index in [0.717, 1.165) is 12.1 Å². The number of nitrogens with one attached hydrogen (secondary N) is 2. The van der Waals surface area contributed by atoms with E-state index >= 15 is 0 Å². The molecular formula is C9H9FN2O3. The minimum absolute atomic E-state index is 0.203. The number of hydrogen-bond acceptors (Lipinski definition) is 3. The van der Waals surface area contributed by atoms with Gasteiger partial charge in [-0.1, -0.05) is 0 Å². The van der Waals surface area contributed by atoms with Gasteiger partial charge in [-0.05, 0) is 24.3 Å². The molecule has 15 heavy (non-hydrogen) atoms. The van der Waals surface area contributed by atoms with Gasteiger partial charge in [-0.2, -0.15) is 0 Å². The van der Waals surface area contributed by atoms with Crippen molar-refractivity contribution in [2.24, 2.45) is 0 Å². The Morgan fingerprint density at radius 2 is 1.80 bits per heavy atom. The number of aliphatic hydroxyl groups excluding tert-OH is 1. The third-order valence-corrected chi connectivity index (χ3v) is 1.57. The van der Waals surface area contributed by atoms with Gasteiger partial charge < -0.3 is 5.11 Å². The van der Waals surface area contributed by atoms with E-state index in [4.69, 9.17) is 5.11 Å². The van der Waals surface area contributed by atoms with Crippen molar-refractivity contribution in [1.82, 2.24) is 10.9 Å². The van der Waals surface area contributed by atoms with Crippen LogP contribution < -0.4 is 10.9 Å². The molecule has 2 amide bonds. The summed E-state index contributed by atoms with van der Waals surface area (Å²) in [4.78, 5) is 21.8. The molecular weight excluding hydrogens is 203 g/mol. The normalized spacial score (nSPS) is 9.47. The summed E-state index contributed by atoms with van der Waals surface area (Å²) >= 11 is 0. The fourth-order valence-corrected chi connectivity index (χ4v) is 0.839. The van der Waals surface area contributed by atoms with Crippen LogP contribution in [0.4, 0.5) is 4.39 Å². The van der Waals surface area contributed by atoms with E-state index < -0.39 is 24.2 Å². The van der Waals surface area contributed by atoms with Crippen LogP contribution in [0.5, 0.6) is 0 Å². The first kappa shape index (κ1) is 11.1. The first-order valence-electron chi connectivity index (χ1n) is 4.09. The highest BCUT2D eigenvalue weighted by molar-refractivity contribution is 5.95. The van der Waals surface area contributed by atoms with E-state index in [1.165, 1.54) is 12.1 Å². The van der Waals surface area contributed by atoms with Crippen molar-refractivity contribution >= 4 is 11.8 Å². The Balaban J connectivity index is 2.54. The standard InChI is InChI=1S/C9H9FN2O3/c10-7-3-1-6(2-4-7)9(15)12-11-8(14)5-13/h1-4,13H,5H2,(H,11,14)(H,12,15). The molecule has 0 bridgehead atoms. The van der Waals surface area contributed by atoms with Crippen molar-refractivity contribution in [3.05, 3.63) is 35.6 Å². The monoisotopic (exact) mass is 212 g/mol. The van der Waals surface area contributed by atoms with Gasteiger partial charge in [0.25, 0.3) is 11.8 Å². The van der Waals surface area contributed by atoms with Crippen LogP contribution in [0.25, 0.3) is 0 Å². The third kappa shape index (κ3) is 3.35. The number of rotatable bonds is 2. The first-order valence-corrected chi connectivity index (χ1v) is 4.09. The summed E-state index contributed by atoms with van der Waals surface area (Å²) in [7, 11) is 0. The molecule has 0 atom stereocenters. The van der Waals surface area contributed by atoms with Crippen molar-refractivity contribution in [3.63, 3.8) is 0 Å². The smallest absolute Gasteiger partial charge is 0.269 e. The predicted molar refractivity (Wildman–Crippen MR) is 49.1 cm³/mol. The number of hydrogen-bond donors (Lipinski definition) is 3. The fraction of sp³-hybridized carbons (Fsp3) is 0.111. The molecule has 1 aromatic rings. The Morgan fingerprint density at radius 3 is 2.33 bits per heavy atom. The second-order valence-corrected chi connectivity index (χ2v) is 2.67. The van der Waals surface area contributed by atoms with Gasteiger partial charge in [-0.3, -0.25) is 20.4 Å². The third-order valence-electron chi connectivity index (χ3n) is 1.57. The second kappa shape index (κ2) is 5.06. The largest absolute Gasteiger partial charge is 0.386 e. The molecule has 0 unspecified atom stereocenters. The molecule has 3 N–H and O–H groups in total.